The first-order chi connectivity index (χ1) is 9.92. The second kappa shape index (κ2) is 3.46. The highest BCUT2D eigenvalue weighted by molar-refractivity contribution is 5.84. The number of aromatic nitrogens is 1. The third-order valence-corrected chi connectivity index (χ3v) is 2.30. The quantitative estimate of drug-likeness (QED) is 0.777. The van der Waals surface area contributed by atoms with Gasteiger partial charge in [0.05, 0.1) is 2.74 Å². The predicted molar refractivity (Wildman–Crippen MR) is 60.5 cm³/mol. The molecule has 0 aliphatic rings. The summed E-state index contributed by atoms with van der Waals surface area (Å²) >= 11 is 0. The second-order valence-electron chi connectivity index (χ2n) is 3.23. The number of H-pyrrole nitrogens is 1. The van der Waals surface area contributed by atoms with E-state index >= 15 is 0 Å². The number of fused-ring (bicyclic) bond motifs is 1. The Kier molecular flexibility index (Phi) is 0.916. The number of benzene rings is 1. The maximum Gasteiger partial charge on any atom is 0.118 e. The topological polar surface area (TPSA) is 41.8 Å². The first kappa shape index (κ1) is 3.70. The van der Waals surface area contributed by atoms with Crippen LogP contribution in [0, 0.1) is 13.8 Å². The van der Waals surface area contributed by atoms with Crippen LogP contribution in [0.2, 0.25) is 2.82 Å². The molecule has 2 nitrogen and oxygen atoms in total. The fraction of sp³-hybridized carbons (Fsp3) is 0.333. The zero-order valence-corrected chi connectivity index (χ0v) is 8.02. The van der Waals surface area contributed by atoms with Gasteiger partial charge < -0.3 is 10.7 Å². The zero-order chi connectivity index (χ0) is 17.0. The van der Waals surface area contributed by atoms with Crippen LogP contribution in [-0.4, -0.2) is 11.5 Å². The Bertz CT molecular complexity index is 735. The van der Waals surface area contributed by atoms with Gasteiger partial charge in [-0.2, -0.15) is 0 Å². The van der Waals surface area contributed by atoms with Crippen LogP contribution in [0.1, 0.15) is 24.9 Å². The lowest BCUT2D eigenvalue weighted by Crippen LogP contribution is -2.01. The van der Waals surface area contributed by atoms with Crippen LogP contribution in [0.25, 0.3) is 10.9 Å². The Labute approximate surface area is 95.5 Å². The molecule has 74 valence electrons. The largest absolute Gasteiger partial charge is 0.361 e. The Morgan fingerprint density at radius 3 is 3.21 bits per heavy atom. The van der Waals surface area contributed by atoms with Gasteiger partial charge in [-0.3, -0.25) is 0 Å². The summed E-state index contributed by atoms with van der Waals surface area (Å²) in [5, 5.41) is 0.230. The van der Waals surface area contributed by atoms with Crippen LogP contribution >= 0.6 is 0 Å². The second-order valence-corrected chi connectivity index (χ2v) is 3.23. The molecule has 1 heterocycles. The summed E-state index contributed by atoms with van der Waals surface area (Å²) in [5.74, 6) is 0. The number of aryl methyl sites for hydroxylation is 2. The number of aromatic amines is 1. The van der Waals surface area contributed by atoms with Crippen molar-refractivity contribution in [3.05, 3.63) is 35.0 Å². The van der Waals surface area contributed by atoms with E-state index in [4.69, 9.17) is 11.0 Å². The summed E-state index contributed by atoms with van der Waals surface area (Å²) in [6.07, 6.45) is -3.14. The van der Waals surface area contributed by atoms with Gasteiger partial charge >= 0.3 is 0 Å². The van der Waals surface area contributed by atoms with Gasteiger partial charge in [0.1, 0.15) is 2.82 Å². The molecule has 0 fully saturated rings. The summed E-state index contributed by atoms with van der Waals surface area (Å²) in [4.78, 5) is 2.61. The number of rotatable bonds is 3. The van der Waals surface area contributed by atoms with Crippen molar-refractivity contribution >= 4 is 10.9 Å². The first-order valence-electron chi connectivity index (χ1n) is 8.20. The van der Waals surface area contributed by atoms with Crippen LogP contribution < -0.4 is 5.72 Å². The molecule has 0 unspecified atom stereocenters. The van der Waals surface area contributed by atoms with E-state index in [-0.39, 0.29) is 34.4 Å². The molecule has 1 aromatic carbocycles. The molecular formula is C12H16N2. The zero-order valence-electron chi connectivity index (χ0n) is 16.0. The maximum atomic E-state index is 8.07. The van der Waals surface area contributed by atoms with Crippen LogP contribution in [0.3, 0.4) is 0 Å². The summed E-state index contributed by atoms with van der Waals surface area (Å²) in [6, 6.07) is 1.72. The van der Waals surface area contributed by atoms with Crippen LogP contribution in [-0.2, 0) is 6.37 Å². The van der Waals surface area contributed by atoms with Gasteiger partial charge in [0.2, 0.25) is 0 Å². The van der Waals surface area contributed by atoms with Crippen LogP contribution in [0.15, 0.2) is 18.3 Å². The van der Waals surface area contributed by atoms with E-state index in [0.29, 0.717) is 5.56 Å². The molecule has 0 saturated heterocycles. The van der Waals surface area contributed by atoms with Crippen molar-refractivity contribution in [2.24, 2.45) is 5.72 Å². The van der Waals surface area contributed by atoms with Crippen LogP contribution in [0.4, 0.5) is 0 Å². The summed E-state index contributed by atoms with van der Waals surface area (Å²) in [5.41, 5.74) is 1.04. The highest BCUT2D eigenvalue weighted by atomic mass is 14.7. The average molecular weight is 196 g/mol. The minimum absolute atomic E-state index is 0.125. The van der Waals surface area contributed by atoms with E-state index in [1.54, 1.807) is 19.9 Å². The Hall–Kier alpha value is -1.28. The van der Waals surface area contributed by atoms with E-state index < -0.39 is 12.9 Å². The molecule has 2 heteroatoms. The lowest BCUT2D eigenvalue weighted by molar-refractivity contribution is 0.976. The van der Waals surface area contributed by atoms with E-state index in [9.17, 15) is 0 Å². The van der Waals surface area contributed by atoms with E-state index in [0.717, 1.165) is 5.56 Å². The van der Waals surface area contributed by atoms with E-state index in [2.05, 4.69) is 4.98 Å². The summed E-state index contributed by atoms with van der Waals surface area (Å²) < 4.78 is 61.7. The van der Waals surface area contributed by atoms with Gasteiger partial charge in [-0.1, -0.05) is 0 Å². The number of hydrogen-bond acceptors (Lipinski definition) is 1. The van der Waals surface area contributed by atoms with Gasteiger partial charge in [0.15, 0.2) is 0 Å². The average Bonchev–Trinajstić information content (AvgIpc) is 2.72. The van der Waals surface area contributed by atoms with Gasteiger partial charge in [0, 0.05) is 22.6 Å². The first-order valence-corrected chi connectivity index (χ1v) is 4.30. The smallest absolute Gasteiger partial charge is 0.118 e. The van der Waals surface area contributed by atoms with Gasteiger partial charge in [0.25, 0.3) is 0 Å². The normalized spacial score (nSPS) is 21.6. The minimum Gasteiger partial charge on any atom is -0.361 e. The fourth-order valence-electron chi connectivity index (χ4n) is 1.39. The van der Waals surface area contributed by atoms with E-state index in [1.165, 1.54) is 0 Å². The lowest BCUT2D eigenvalue weighted by atomic mass is 10.0. The molecule has 14 heavy (non-hydrogen) atoms. The predicted octanol–water partition coefficient (Wildman–Crippen LogP) is 2.29. The van der Waals surface area contributed by atoms with Crippen molar-refractivity contribution in [2.45, 2.75) is 20.2 Å². The molecule has 1 aromatic heterocycles. The SMILES string of the molecule is [2H]c1[nH]c2c([2H])c(C)c(C)cc2c1C([2H])([2H])C([2H])([2H])N([2H])[2H]. The molecule has 2 aromatic rings. The minimum atomic E-state index is -2.96. The Balaban J connectivity index is 2.84. The summed E-state index contributed by atoms with van der Waals surface area (Å²) in [6.45, 7) is 0.530. The van der Waals surface area contributed by atoms with Crippen molar-refractivity contribution in [3.63, 3.8) is 0 Å². The molecule has 3 N–H and O–H groups in total. The molecule has 0 saturated carbocycles. The van der Waals surface area contributed by atoms with Gasteiger partial charge in [-0.05, 0) is 55.5 Å². The molecule has 0 bridgehead atoms. The summed E-state index contributed by atoms with van der Waals surface area (Å²) in [7, 11) is 0. The van der Waals surface area contributed by atoms with Gasteiger partial charge in [-0.15, -0.1) is 0 Å². The van der Waals surface area contributed by atoms with Crippen LogP contribution in [0.5, 0.6) is 0 Å². The van der Waals surface area contributed by atoms with Crippen molar-refractivity contribution in [1.82, 2.24) is 4.98 Å². The molecule has 0 aliphatic heterocycles. The number of nitrogens with one attached hydrogen (secondary N) is 1. The van der Waals surface area contributed by atoms with Crippen molar-refractivity contribution in [3.8, 4) is 0 Å². The molecule has 0 spiro atoms. The third-order valence-electron chi connectivity index (χ3n) is 2.30. The molecule has 0 radical (unpaired) electrons. The Morgan fingerprint density at radius 2 is 2.43 bits per heavy atom. The van der Waals surface area contributed by atoms with Crippen molar-refractivity contribution in [1.29, 1.82) is 0 Å². The van der Waals surface area contributed by atoms with Crippen molar-refractivity contribution < 1.29 is 11.0 Å². The molecule has 2 rings (SSSR count). The highest BCUT2D eigenvalue weighted by Gasteiger charge is 2.04. The maximum absolute atomic E-state index is 8.07. The molecule has 0 aliphatic carbocycles. The molecular weight excluding hydrogens is 172 g/mol. The fourth-order valence-corrected chi connectivity index (χ4v) is 1.39. The lowest BCUT2D eigenvalue weighted by Gasteiger charge is -2.01. The van der Waals surface area contributed by atoms with Crippen molar-refractivity contribution in [2.75, 3.05) is 6.50 Å². The molecule has 0 amide bonds. The van der Waals surface area contributed by atoms with Gasteiger partial charge in [-0.25, -0.2) is 0 Å². The van der Waals surface area contributed by atoms with E-state index in [1.807, 2.05) is 0 Å². The standard InChI is InChI=1S/C12H16N2/c1-8-5-11-10(3-4-13)7-14-12(11)6-9(8)2/h5-7,14H,3-4,13H2,1-2H3/i3D2,4D2,6D,7D/hD2. The number of nitrogens with two attached hydrogens (primary N) is 1. The molecule has 0 atom stereocenters. The third kappa shape index (κ3) is 1.42. The monoisotopic (exact) mass is 196 g/mol. The Morgan fingerprint density at radius 1 is 1.57 bits per heavy atom. The number of hydrogen-bond donors (Lipinski definition) is 2. The highest BCUT2D eigenvalue weighted by Crippen LogP contribution is 2.22.